The summed E-state index contributed by atoms with van der Waals surface area (Å²) in [6.07, 6.45) is 1.80. The predicted octanol–water partition coefficient (Wildman–Crippen LogP) is 1.76. The normalized spacial score (nSPS) is 19.7. The van der Waals surface area contributed by atoms with Gasteiger partial charge in [0.2, 0.25) is 5.91 Å². The van der Waals surface area contributed by atoms with Gasteiger partial charge in [-0.1, -0.05) is 0 Å². The van der Waals surface area contributed by atoms with Crippen LogP contribution in [0.25, 0.3) is 33.3 Å². The maximum atomic E-state index is 15.1. The van der Waals surface area contributed by atoms with Gasteiger partial charge in [-0.15, -0.1) is 0 Å². The Morgan fingerprint density at radius 2 is 1.89 bits per heavy atom. The van der Waals surface area contributed by atoms with Crippen molar-refractivity contribution in [1.29, 1.82) is 0 Å². The average molecular weight is 517 g/mol. The van der Waals surface area contributed by atoms with Crippen LogP contribution in [-0.2, 0) is 16.1 Å². The van der Waals surface area contributed by atoms with E-state index >= 15 is 4.39 Å². The topological polar surface area (TPSA) is 103 Å². The molecular weight excluding hydrogens is 487 g/mol. The van der Waals surface area contributed by atoms with Crippen LogP contribution in [0.5, 0.6) is 0 Å². The van der Waals surface area contributed by atoms with Crippen LogP contribution in [0, 0.1) is 5.82 Å². The second-order valence-electron chi connectivity index (χ2n) is 10.2. The van der Waals surface area contributed by atoms with E-state index in [1.807, 2.05) is 18.2 Å². The number of carbonyl (C=O) groups excluding carboxylic acids is 1. The molecule has 7 rings (SSSR count). The third kappa shape index (κ3) is 4.26. The summed E-state index contributed by atoms with van der Waals surface area (Å²) in [6, 6.07) is 9.40. The number of aromatic nitrogens is 4. The maximum Gasteiger partial charge on any atom is 0.234 e. The number of H-pyrrole nitrogens is 1. The number of halogens is 1. The van der Waals surface area contributed by atoms with Gasteiger partial charge >= 0.3 is 0 Å². The summed E-state index contributed by atoms with van der Waals surface area (Å²) < 4.78 is 20.7. The van der Waals surface area contributed by atoms with Gasteiger partial charge in [-0.3, -0.25) is 14.6 Å². The Labute approximate surface area is 218 Å². The molecule has 38 heavy (non-hydrogen) atoms. The van der Waals surface area contributed by atoms with Crippen LogP contribution < -0.4 is 10.2 Å². The number of anilines is 1. The van der Waals surface area contributed by atoms with Crippen molar-refractivity contribution in [2.75, 3.05) is 63.9 Å². The van der Waals surface area contributed by atoms with Crippen molar-refractivity contribution < 1.29 is 13.9 Å². The largest absolute Gasteiger partial charge is 0.378 e. The molecule has 3 aliphatic heterocycles. The summed E-state index contributed by atoms with van der Waals surface area (Å²) in [5.74, 6) is 0.816. The van der Waals surface area contributed by atoms with E-state index in [9.17, 15) is 4.79 Å². The Hall–Kier alpha value is -3.67. The minimum atomic E-state index is -0.354. The summed E-state index contributed by atoms with van der Waals surface area (Å²) in [5.41, 5.74) is 3.58. The van der Waals surface area contributed by atoms with Gasteiger partial charge in [-0.2, -0.15) is 0 Å². The first-order chi connectivity index (χ1) is 18.6. The molecule has 1 amide bonds. The molecule has 3 saturated heterocycles. The van der Waals surface area contributed by atoms with E-state index in [2.05, 4.69) is 25.0 Å². The van der Waals surface area contributed by atoms with E-state index in [-0.39, 0.29) is 11.7 Å². The zero-order valence-electron chi connectivity index (χ0n) is 21.0. The zero-order valence-corrected chi connectivity index (χ0v) is 21.0. The smallest absolute Gasteiger partial charge is 0.234 e. The Bertz CT molecular complexity index is 1510. The monoisotopic (exact) mass is 516 g/mol. The van der Waals surface area contributed by atoms with Crippen molar-refractivity contribution in [3.63, 3.8) is 0 Å². The quantitative estimate of drug-likeness (QED) is 0.414. The van der Waals surface area contributed by atoms with Crippen molar-refractivity contribution in [1.82, 2.24) is 35.1 Å². The Kier molecular flexibility index (Phi) is 5.91. The number of carbonyl (C=O) groups is 1. The fourth-order valence-corrected chi connectivity index (χ4v) is 5.67. The fraction of sp³-hybridized carbons (Fsp3) is 0.407. The number of amides is 1. The van der Waals surface area contributed by atoms with Gasteiger partial charge < -0.3 is 19.9 Å². The molecule has 6 heterocycles. The number of ether oxygens (including phenoxy) is 1. The Balaban J connectivity index is 1.21. The van der Waals surface area contributed by atoms with Crippen LogP contribution in [0.2, 0.25) is 0 Å². The van der Waals surface area contributed by atoms with E-state index in [1.165, 1.54) is 6.07 Å². The van der Waals surface area contributed by atoms with Crippen LogP contribution >= 0.6 is 0 Å². The lowest BCUT2D eigenvalue weighted by atomic mass is 10.1. The van der Waals surface area contributed by atoms with Gasteiger partial charge in [-0.05, 0) is 30.3 Å². The lowest BCUT2D eigenvalue weighted by molar-refractivity contribution is -0.126. The molecule has 3 aliphatic rings. The SMILES string of the molecule is O=C1CN(C2CN(Cc3ccc4nc(-c5c(F)ccc6[nH]ccc56)nc(N5CCOCC5)c4n3)C2)CCN1. The molecule has 0 bridgehead atoms. The number of nitrogens with zero attached hydrogens (tertiary/aromatic N) is 6. The predicted molar refractivity (Wildman–Crippen MR) is 141 cm³/mol. The number of pyridine rings is 1. The summed E-state index contributed by atoms with van der Waals surface area (Å²) in [5, 5.41) is 3.64. The highest BCUT2D eigenvalue weighted by molar-refractivity contribution is 5.96. The fourth-order valence-electron chi connectivity index (χ4n) is 5.67. The molecule has 0 atom stereocenters. The van der Waals surface area contributed by atoms with E-state index in [4.69, 9.17) is 19.7 Å². The van der Waals surface area contributed by atoms with Crippen molar-refractivity contribution in [2.45, 2.75) is 12.6 Å². The van der Waals surface area contributed by atoms with Crippen molar-refractivity contribution in [3.8, 4) is 11.4 Å². The Morgan fingerprint density at radius 3 is 2.74 bits per heavy atom. The van der Waals surface area contributed by atoms with Gasteiger partial charge in [-0.25, -0.2) is 19.3 Å². The van der Waals surface area contributed by atoms with Gasteiger partial charge in [0.05, 0.1) is 36.5 Å². The highest BCUT2D eigenvalue weighted by atomic mass is 19.1. The maximum absolute atomic E-state index is 15.1. The molecule has 0 aliphatic carbocycles. The van der Waals surface area contributed by atoms with E-state index in [0.29, 0.717) is 68.2 Å². The van der Waals surface area contributed by atoms with Crippen molar-refractivity contribution >= 4 is 33.7 Å². The number of likely N-dealkylation sites (tertiary alicyclic amines) is 1. The highest BCUT2D eigenvalue weighted by Crippen LogP contribution is 2.33. The standard InChI is InChI=1S/C27H29FN8O2/c28-20-2-4-21-19(5-6-29-21)24(20)26-32-22-3-1-17(31-25(22)27(33-26)35-9-11-38-12-10-35)13-34-14-18(15-34)36-8-7-30-23(37)16-36/h1-6,18,29H,7-16H2,(H,30,37). The van der Waals surface area contributed by atoms with E-state index in [0.717, 1.165) is 48.3 Å². The molecule has 3 aromatic heterocycles. The molecule has 196 valence electrons. The van der Waals surface area contributed by atoms with E-state index in [1.54, 1.807) is 12.3 Å². The number of nitrogens with one attached hydrogen (secondary N) is 2. The highest BCUT2D eigenvalue weighted by Gasteiger charge is 2.34. The number of aromatic amines is 1. The van der Waals surface area contributed by atoms with Crippen molar-refractivity contribution in [3.05, 3.63) is 48.0 Å². The van der Waals surface area contributed by atoms with Gasteiger partial charge in [0.25, 0.3) is 0 Å². The van der Waals surface area contributed by atoms with Crippen LogP contribution in [-0.4, -0.2) is 101 Å². The molecule has 10 nitrogen and oxygen atoms in total. The van der Waals surface area contributed by atoms with Gasteiger partial charge in [0.1, 0.15) is 11.3 Å². The molecular formula is C27H29FN8O2. The summed E-state index contributed by atoms with van der Waals surface area (Å²) >= 11 is 0. The first kappa shape index (κ1) is 23.4. The molecule has 1 aromatic carbocycles. The number of piperazine rings is 1. The second-order valence-corrected chi connectivity index (χ2v) is 10.2. The zero-order chi connectivity index (χ0) is 25.6. The number of rotatable bonds is 5. The third-order valence-electron chi connectivity index (χ3n) is 7.71. The summed E-state index contributed by atoms with van der Waals surface area (Å²) in [6.45, 7) is 7.22. The first-order valence-electron chi connectivity index (χ1n) is 13.1. The molecule has 0 radical (unpaired) electrons. The van der Waals surface area contributed by atoms with Gasteiger partial charge in [0, 0.05) is 69.0 Å². The van der Waals surface area contributed by atoms with Crippen LogP contribution in [0.3, 0.4) is 0 Å². The average Bonchev–Trinajstić information content (AvgIpc) is 3.39. The van der Waals surface area contributed by atoms with Gasteiger partial charge in [0.15, 0.2) is 11.6 Å². The lowest BCUT2D eigenvalue weighted by Gasteiger charge is -2.46. The molecule has 0 unspecified atom stereocenters. The third-order valence-corrected chi connectivity index (χ3v) is 7.71. The van der Waals surface area contributed by atoms with Crippen molar-refractivity contribution in [2.24, 2.45) is 0 Å². The number of hydrogen-bond donors (Lipinski definition) is 2. The number of benzene rings is 1. The number of hydrogen-bond acceptors (Lipinski definition) is 8. The minimum absolute atomic E-state index is 0.105. The summed E-state index contributed by atoms with van der Waals surface area (Å²) in [4.78, 5) is 36.3. The van der Waals surface area contributed by atoms with Crippen LogP contribution in [0.4, 0.5) is 10.2 Å². The van der Waals surface area contributed by atoms with E-state index < -0.39 is 0 Å². The lowest BCUT2D eigenvalue weighted by Crippen LogP contribution is -2.63. The molecule has 11 heteroatoms. The molecule has 0 saturated carbocycles. The minimum Gasteiger partial charge on any atom is -0.378 e. The molecule has 0 spiro atoms. The number of fused-ring (bicyclic) bond motifs is 2. The van der Waals surface area contributed by atoms with Crippen LogP contribution in [0.15, 0.2) is 36.5 Å². The van der Waals surface area contributed by atoms with Crippen LogP contribution in [0.1, 0.15) is 5.69 Å². The Morgan fingerprint density at radius 1 is 1.03 bits per heavy atom. The summed E-state index contributed by atoms with van der Waals surface area (Å²) in [7, 11) is 0. The molecule has 4 aromatic rings. The first-order valence-corrected chi connectivity index (χ1v) is 13.1. The second kappa shape index (κ2) is 9.57. The number of morpholine rings is 1. The molecule has 3 fully saturated rings. The molecule has 2 N–H and O–H groups in total.